The van der Waals surface area contributed by atoms with Crippen molar-refractivity contribution in [1.29, 1.82) is 0 Å². The molecule has 1 atom stereocenters. The highest BCUT2D eigenvalue weighted by Gasteiger charge is 2.51. The molecule has 1 fully saturated rings. The summed E-state index contributed by atoms with van der Waals surface area (Å²) in [7, 11) is 3.23. The van der Waals surface area contributed by atoms with E-state index in [9.17, 15) is 9.59 Å². The maximum absolute atomic E-state index is 12.4. The van der Waals surface area contributed by atoms with Gasteiger partial charge in [0.15, 0.2) is 6.23 Å². The van der Waals surface area contributed by atoms with Crippen LogP contribution in [0.1, 0.15) is 40.5 Å². The Labute approximate surface area is 115 Å². The van der Waals surface area contributed by atoms with Crippen molar-refractivity contribution in [3.05, 3.63) is 0 Å². The van der Waals surface area contributed by atoms with E-state index in [2.05, 4.69) is 5.43 Å². The summed E-state index contributed by atoms with van der Waals surface area (Å²) in [5.41, 5.74) is 2.28. The van der Waals surface area contributed by atoms with Gasteiger partial charge in [-0.3, -0.25) is 9.80 Å². The lowest BCUT2D eigenvalue weighted by Gasteiger charge is -2.26. The minimum absolute atomic E-state index is 0.0299. The molecule has 2 amide bonds. The monoisotopic (exact) mass is 271 g/mol. The van der Waals surface area contributed by atoms with Gasteiger partial charge in [0.1, 0.15) is 0 Å². The van der Waals surface area contributed by atoms with Gasteiger partial charge in [0.05, 0.1) is 5.41 Å². The van der Waals surface area contributed by atoms with E-state index < -0.39 is 17.7 Å². The quantitative estimate of drug-likeness (QED) is 0.843. The lowest BCUT2D eigenvalue weighted by Crippen LogP contribution is -2.46. The molecule has 0 bridgehead atoms. The molecule has 1 unspecified atom stereocenters. The summed E-state index contributed by atoms with van der Waals surface area (Å²) >= 11 is 0. The average molecular weight is 271 g/mol. The Morgan fingerprint density at radius 2 is 1.95 bits per heavy atom. The molecule has 110 valence electrons. The number of hydrogen-bond donors (Lipinski definition) is 1. The number of carbonyl (C=O) groups excluding carboxylic acids is 2. The van der Waals surface area contributed by atoms with Crippen molar-refractivity contribution in [2.45, 2.75) is 52.8 Å². The second-order valence-electron chi connectivity index (χ2n) is 5.65. The van der Waals surface area contributed by atoms with Gasteiger partial charge in [-0.1, -0.05) is 13.8 Å². The van der Waals surface area contributed by atoms with Crippen molar-refractivity contribution in [3.8, 4) is 0 Å². The van der Waals surface area contributed by atoms with Gasteiger partial charge in [-0.15, -0.1) is 0 Å². The van der Waals surface area contributed by atoms with Gasteiger partial charge in [-0.25, -0.2) is 4.79 Å². The molecule has 1 heterocycles. The minimum Gasteiger partial charge on any atom is -0.427 e. The third-order valence-corrected chi connectivity index (χ3v) is 3.57. The van der Waals surface area contributed by atoms with Gasteiger partial charge in [0.25, 0.3) is 0 Å². The number of hydrazine groups is 1. The standard InChI is InChI=1S/C13H25N3O3/c1-7-9(8-2)16-11(17)13(3,4)10(14-16)19-12(18)15(5)6/h9-10,14H,7-8H2,1-6H3. The molecule has 0 aromatic rings. The Morgan fingerprint density at radius 1 is 1.42 bits per heavy atom. The highest BCUT2D eigenvalue weighted by molar-refractivity contribution is 5.85. The Morgan fingerprint density at radius 3 is 2.37 bits per heavy atom. The van der Waals surface area contributed by atoms with Gasteiger partial charge in [-0.2, -0.15) is 5.43 Å². The van der Waals surface area contributed by atoms with Crippen LogP contribution in [0.2, 0.25) is 0 Å². The average Bonchev–Trinajstić information content (AvgIpc) is 2.55. The van der Waals surface area contributed by atoms with E-state index in [-0.39, 0.29) is 11.9 Å². The molecular formula is C13H25N3O3. The fourth-order valence-corrected chi connectivity index (χ4v) is 2.07. The fraction of sp³-hybridized carbons (Fsp3) is 0.846. The van der Waals surface area contributed by atoms with E-state index in [1.165, 1.54) is 4.90 Å². The molecule has 1 N–H and O–H groups in total. The van der Waals surface area contributed by atoms with Gasteiger partial charge >= 0.3 is 6.09 Å². The van der Waals surface area contributed by atoms with Crippen LogP contribution in [0.3, 0.4) is 0 Å². The molecular weight excluding hydrogens is 246 g/mol. The summed E-state index contributed by atoms with van der Waals surface area (Å²) in [5, 5.41) is 1.62. The molecule has 6 nitrogen and oxygen atoms in total. The highest BCUT2D eigenvalue weighted by Crippen LogP contribution is 2.32. The topological polar surface area (TPSA) is 61.9 Å². The van der Waals surface area contributed by atoms with Crippen LogP contribution in [0.4, 0.5) is 4.79 Å². The molecule has 0 aromatic carbocycles. The molecule has 1 aliphatic rings. The zero-order chi connectivity index (χ0) is 14.8. The Hall–Kier alpha value is -1.30. The molecule has 6 heteroatoms. The first-order chi connectivity index (χ1) is 8.75. The summed E-state index contributed by atoms with van der Waals surface area (Å²) < 4.78 is 5.34. The van der Waals surface area contributed by atoms with Crippen molar-refractivity contribution in [3.63, 3.8) is 0 Å². The van der Waals surface area contributed by atoms with E-state index in [1.54, 1.807) is 33.0 Å². The SMILES string of the molecule is CCC(CC)N1NC(OC(=O)N(C)C)C(C)(C)C1=O. The smallest absolute Gasteiger partial charge is 0.410 e. The third kappa shape index (κ3) is 3.00. The third-order valence-electron chi connectivity index (χ3n) is 3.57. The van der Waals surface area contributed by atoms with Crippen LogP contribution in [0.15, 0.2) is 0 Å². The Kier molecular flexibility index (Phi) is 4.79. The number of hydrogen-bond acceptors (Lipinski definition) is 4. The van der Waals surface area contributed by atoms with Crippen LogP contribution in [-0.2, 0) is 9.53 Å². The first-order valence-electron chi connectivity index (χ1n) is 6.73. The Bertz CT molecular complexity index is 351. The predicted octanol–water partition coefficient (Wildman–Crippen LogP) is 1.57. The van der Waals surface area contributed by atoms with E-state index in [0.717, 1.165) is 12.8 Å². The van der Waals surface area contributed by atoms with Crippen molar-refractivity contribution in [2.75, 3.05) is 14.1 Å². The van der Waals surface area contributed by atoms with Gasteiger partial charge in [0.2, 0.25) is 5.91 Å². The van der Waals surface area contributed by atoms with Crippen molar-refractivity contribution >= 4 is 12.0 Å². The lowest BCUT2D eigenvalue weighted by atomic mass is 9.91. The largest absolute Gasteiger partial charge is 0.427 e. The molecule has 0 saturated carbocycles. The van der Waals surface area contributed by atoms with Crippen LogP contribution in [0.5, 0.6) is 0 Å². The van der Waals surface area contributed by atoms with Crippen LogP contribution in [0, 0.1) is 5.41 Å². The van der Waals surface area contributed by atoms with Gasteiger partial charge in [0, 0.05) is 20.1 Å². The molecule has 1 aliphatic heterocycles. The van der Waals surface area contributed by atoms with E-state index in [0.29, 0.717) is 0 Å². The Balaban J connectivity index is 2.86. The van der Waals surface area contributed by atoms with E-state index >= 15 is 0 Å². The number of amides is 2. The maximum Gasteiger partial charge on any atom is 0.410 e. The predicted molar refractivity (Wildman–Crippen MR) is 72.1 cm³/mol. The van der Waals surface area contributed by atoms with Gasteiger partial charge in [-0.05, 0) is 26.7 Å². The first-order valence-corrected chi connectivity index (χ1v) is 6.73. The van der Waals surface area contributed by atoms with Crippen LogP contribution in [0.25, 0.3) is 0 Å². The second kappa shape index (κ2) is 5.77. The van der Waals surface area contributed by atoms with Crippen LogP contribution >= 0.6 is 0 Å². The molecule has 0 aliphatic carbocycles. The molecule has 19 heavy (non-hydrogen) atoms. The summed E-state index contributed by atoms with van der Waals surface area (Å²) in [6.45, 7) is 7.65. The number of rotatable bonds is 4. The minimum atomic E-state index is -0.756. The van der Waals surface area contributed by atoms with Crippen molar-refractivity contribution < 1.29 is 14.3 Å². The van der Waals surface area contributed by atoms with E-state index in [4.69, 9.17) is 4.74 Å². The second-order valence-corrected chi connectivity index (χ2v) is 5.65. The number of nitrogens with zero attached hydrogens (tertiary/aromatic N) is 2. The summed E-state index contributed by atoms with van der Waals surface area (Å²) in [5.74, 6) is -0.0299. The molecule has 1 rings (SSSR count). The van der Waals surface area contributed by atoms with Crippen LogP contribution in [-0.4, -0.2) is 48.3 Å². The zero-order valence-corrected chi connectivity index (χ0v) is 12.7. The highest BCUT2D eigenvalue weighted by atomic mass is 16.6. The number of carbonyl (C=O) groups is 2. The summed E-state index contributed by atoms with van der Waals surface area (Å²) in [4.78, 5) is 25.4. The van der Waals surface area contributed by atoms with Gasteiger partial charge < -0.3 is 9.64 Å². The number of nitrogens with one attached hydrogen (secondary N) is 1. The first kappa shape index (κ1) is 15.8. The molecule has 0 aromatic heterocycles. The summed E-state index contributed by atoms with van der Waals surface area (Å²) in [6.07, 6.45) is 0.638. The summed E-state index contributed by atoms with van der Waals surface area (Å²) in [6, 6.07) is 0.120. The molecule has 0 spiro atoms. The lowest BCUT2D eigenvalue weighted by molar-refractivity contribution is -0.138. The maximum atomic E-state index is 12.4. The number of ether oxygens (including phenoxy) is 1. The van der Waals surface area contributed by atoms with Crippen LogP contribution < -0.4 is 5.43 Å². The van der Waals surface area contributed by atoms with Crippen molar-refractivity contribution in [2.24, 2.45) is 5.41 Å². The normalized spacial score (nSPS) is 21.9. The van der Waals surface area contributed by atoms with Crippen molar-refractivity contribution in [1.82, 2.24) is 15.3 Å². The van der Waals surface area contributed by atoms with E-state index in [1.807, 2.05) is 13.8 Å². The molecule has 0 radical (unpaired) electrons. The fourth-order valence-electron chi connectivity index (χ4n) is 2.07. The molecule has 1 saturated heterocycles. The zero-order valence-electron chi connectivity index (χ0n) is 12.7.